The molecule has 3 rings (SSSR count). The van der Waals surface area contributed by atoms with Crippen molar-refractivity contribution in [1.29, 1.82) is 0 Å². The molecule has 1 aliphatic rings. The van der Waals surface area contributed by atoms with Gasteiger partial charge < -0.3 is 10.6 Å². The van der Waals surface area contributed by atoms with Gasteiger partial charge in [-0.2, -0.15) is 0 Å². The molecule has 1 aliphatic heterocycles. The number of hydrogen-bond acceptors (Lipinski definition) is 3. The van der Waals surface area contributed by atoms with E-state index in [1.54, 1.807) is 0 Å². The van der Waals surface area contributed by atoms with Crippen LogP contribution < -0.4 is 16.2 Å². The van der Waals surface area contributed by atoms with E-state index in [2.05, 4.69) is 15.7 Å². The molecule has 1 unspecified atom stereocenters. The fourth-order valence-electron chi connectivity index (χ4n) is 2.64. The molecule has 1 amide bonds. The maximum atomic E-state index is 12.2. The van der Waals surface area contributed by atoms with Gasteiger partial charge in [0.1, 0.15) is 5.69 Å². The molecule has 1 aromatic heterocycles. The van der Waals surface area contributed by atoms with E-state index in [9.17, 15) is 9.59 Å². The monoisotopic (exact) mass is 336 g/mol. The number of piperidine rings is 1. The van der Waals surface area contributed by atoms with Crippen molar-refractivity contribution in [3.63, 3.8) is 0 Å². The zero-order valence-corrected chi connectivity index (χ0v) is 13.8. The first-order chi connectivity index (χ1) is 10.6. The lowest BCUT2D eigenvalue weighted by molar-refractivity contribution is 0.0925. The summed E-state index contributed by atoms with van der Waals surface area (Å²) in [6, 6.07) is 9.00. The van der Waals surface area contributed by atoms with Gasteiger partial charge in [0.15, 0.2) is 0 Å². The van der Waals surface area contributed by atoms with E-state index >= 15 is 0 Å². The van der Waals surface area contributed by atoms with Crippen LogP contribution in [0.2, 0.25) is 0 Å². The second-order valence-corrected chi connectivity index (χ2v) is 5.70. The third-order valence-corrected chi connectivity index (χ3v) is 3.89. The molecular weight excluding hydrogens is 316 g/mol. The van der Waals surface area contributed by atoms with Crippen LogP contribution in [0.25, 0.3) is 5.69 Å². The van der Waals surface area contributed by atoms with Crippen molar-refractivity contribution in [1.82, 2.24) is 20.4 Å². The summed E-state index contributed by atoms with van der Waals surface area (Å²) in [5.74, 6) is -0.239. The van der Waals surface area contributed by atoms with Gasteiger partial charge in [0.2, 0.25) is 0 Å². The first-order valence-electron chi connectivity index (χ1n) is 7.54. The predicted octanol–water partition coefficient (Wildman–Crippen LogP) is 1.38. The first kappa shape index (κ1) is 17.3. The van der Waals surface area contributed by atoms with E-state index in [1.807, 2.05) is 31.2 Å². The molecule has 7 heteroatoms. The summed E-state index contributed by atoms with van der Waals surface area (Å²) in [5.41, 5.74) is 1.88. The normalized spacial score (nSPS) is 17.3. The van der Waals surface area contributed by atoms with E-state index < -0.39 is 0 Å². The van der Waals surface area contributed by atoms with Crippen LogP contribution in [0.3, 0.4) is 0 Å². The number of H-pyrrole nitrogens is 1. The molecule has 0 saturated carbocycles. The van der Waals surface area contributed by atoms with E-state index in [0.717, 1.165) is 31.5 Å². The molecule has 0 spiro atoms. The fraction of sp³-hybridized carbons (Fsp3) is 0.375. The molecule has 2 aromatic rings. The molecule has 0 aliphatic carbocycles. The molecule has 23 heavy (non-hydrogen) atoms. The quantitative estimate of drug-likeness (QED) is 0.792. The lowest BCUT2D eigenvalue weighted by Crippen LogP contribution is -2.45. The maximum absolute atomic E-state index is 12.2. The molecule has 124 valence electrons. The van der Waals surface area contributed by atoms with Crippen LogP contribution in [0.1, 0.15) is 28.9 Å². The molecule has 1 atom stereocenters. The molecule has 1 aromatic carbocycles. The van der Waals surface area contributed by atoms with Gasteiger partial charge in [-0.05, 0) is 38.4 Å². The lowest BCUT2D eigenvalue weighted by Gasteiger charge is -2.23. The number of hydrogen-bond donors (Lipinski definition) is 3. The third kappa shape index (κ3) is 4.03. The zero-order valence-electron chi connectivity index (χ0n) is 13.0. The van der Waals surface area contributed by atoms with Crippen molar-refractivity contribution in [2.24, 2.45) is 0 Å². The van der Waals surface area contributed by atoms with Crippen molar-refractivity contribution >= 4 is 18.3 Å². The molecule has 0 radical (unpaired) electrons. The Hall–Kier alpha value is -2.05. The smallest absolute Gasteiger partial charge is 0.271 e. The van der Waals surface area contributed by atoms with E-state index in [4.69, 9.17) is 0 Å². The van der Waals surface area contributed by atoms with Crippen molar-refractivity contribution < 1.29 is 4.79 Å². The van der Waals surface area contributed by atoms with Crippen molar-refractivity contribution in [2.75, 3.05) is 13.1 Å². The van der Waals surface area contributed by atoms with Crippen molar-refractivity contribution in [3.8, 4) is 5.69 Å². The van der Waals surface area contributed by atoms with Crippen LogP contribution in [0.15, 0.2) is 35.1 Å². The number of benzene rings is 1. The van der Waals surface area contributed by atoms with E-state index in [1.165, 1.54) is 10.7 Å². The molecule has 2 heterocycles. The zero-order chi connectivity index (χ0) is 15.5. The summed E-state index contributed by atoms with van der Waals surface area (Å²) in [5, 5.41) is 9.08. The molecule has 0 bridgehead atoms. The standard InChI is InChI=1S/C16H20N4O2.ClH/c1-11-4-6-13(7-5-11)20-15(21)9-14(19-20)16(22)18-12-3-2-8-17-10-12;/h4-7,9,12,17,19H,2-3,8,10H2,1H3,(H,18,22);1H. The summed E-state index contributed by atoms with van der Waals surface area (Å²) in [6.45, 7) is 3.75. The van der Waals surface area contributed by atoms with Gasteiger partial charge in [0, 0.05) is 18.7 Å². The van der Waals surface area contributed by atoms with Crippen LogP contribution in [-0.2, 0) is 0 Å². The molecule has 3 N–H and O–H groups in total. The molecule has 1 saturated heterocycles. The van der Waals surface area contributed by atoms with Crippen LogP contribution in [0, 0.1) is 6.92 Å². The fourth-order valence-corrected chi connectivity index (χ4v) is 2.64. The minimum absolute atomic E-state index is 0. The second-order valence-electron chi connectivity index (χ2n) is 5.70. The maximum Gasteiger partial charge on any atom is 0.271 e. The lowest BCUT2D eigenvalue weighted by atomic mass is 10.1. The first-order valence-corrected chi connectivity index (χ1v) is 7.54. The topological polar surface area (TPSA) is 78.9 Å². The van der Waals surface area contributed by atoms with Crippen LogP contribution >= 0.6 is 12.4 Å². The summed E-state index contributed by atoms with van der Waals surface area (Å²) in [4.78, 5) is 24.3. The number of nitrogens with one attached hydrogen (secondary N) is 3. The number of aromatic amines is 1. The predicted molar refractivity (Wildman–Crippen MR) is 91.7 cm³/mol. The van der Waals surface area contributed by atoms with Crippen LogP contribution in [0.4, 0.5) is 0 Å². The summed E-state index contributed by atoms with van der Waals surface area (Å²) < 4.78 is 1.38. The highest BCUT2D eigenvalue weighted by atomic mass is 35.5. The van der Waals surface area contributed by atoms with Crippen LogP contribution in [0.5, 0.6) is 0 Å². The number of carbonyl (C=O) groups excluding carboxylic acids is 1. The average Bonchev–Trinajstić information content (AvgIpc) is 2.91. The number of halogens is 1. The average molecular weight is 337 g/mol. The largest absolute Gasteiger partial charge is 0.347 e. The highest BCUT2D eigenvalue weighted by Gasteiger charge is 2.18. The number of amides is 1. The Kier molecular flexibility index (Phi) is 5.63. The molecular formula is C16H21ClN4O2. The van der Waals surface area contributed by atoms with Gasteiger partial charge in [-0.1, -0.05) is 17.7 Å². The minimum atomic E-state index is -0.240. The van der Waals surface area contributed by atoms with E-state index in [-0.39, 0.29) is 35.6 Å². The van der Waals surface area contributed by atoms with Gasteiger partial charge in [-0.15, -0.1) is 12.4 Å². The van der Waals surface area contributed by atoms with Gasteiger partial charge >= 0.3 is 0 Å². The van der Waals surface area contributed by atoms with Gasteiger partial charge in [-0.25, -0.2) is 4.68 Å². The Morgan fingerprint density at radius 3 is 2.70 bits per heavy atom. The molecule has 1 fully saturated rings. The third-order valence-electron chi connectivity index (χ3n) is 3.89. The van der Waals surface area contributed by atoms with Gasteiger partial charge in [0.05, 0.1) is 5.69 Å². The Balaban J connectivity index is 0.00000192. The van der Waals surface area contributed by atoms with Crippen molar-refractivity contribution in [2.45, 2.75) is 25.8 Å². The Bertz CT molecular complexity index is 714. The summed E-state index contributed by atoms with van der Waals surface area (Å²) in [7, 11) is 0. The van der Waals surface area contributed by atoms with Crippen molar-refractivity contribution in [3.05, 3.63) is 51.9 Å². The number of aromatic nitrogens is 2. The highest BCUT2D eigenvalue weighted by Crippen LogP contribution is 2.07. The minimum Gasteiger partial charge on any atom is -0.347 e. The Morgan fingerprint density at radius 1 is 1.30 bits per heavy atom. The van der Waals surface area contributed by atoms with Gasteiger partial charge in [0.25, 0.3) is 11.5 Å². The molecule has 6 nitrogen and oxygen atoms in total. The Morgan fingerprint density at radius 2 is 2.04 bits per heavy atom. The van der Waals surface area contributed by atoms with Crippen LogP contribution in [-0.4, -0.2) is 34.8 Å². The summed E-state index contributed by atoms with van der Waals surface area (Å²) in [6.07, 6.45) is 2.01. The Labute approximate surface area is 140 Å². The number of nitrogens with zero attached hydrogens (tertiary/aromatic N) is 1. The number of aryl methyl sites for hydroxylation is 1. The highest BCUT2D eigenvalue weighted by molar-refractivity contribution is 5.92. The second kappa shape index (κ2) is 7.48. The SMILES string of the molecule is Cc1ccc(-n2[nH]c(C(=O)NC3CCCNC3)cc2=O)cc1.Cl. The summed E-state index contributed by atoms with van der Waals surface area (Å²) >= 11 is 0. The number of rotatable bonds is 3. The van der Waals surface area contributed by atoms with Gasteiger partial charge in [-0.3, -0.25) is 14.7 Å². The van der Waals surface area contributed by atoms with E-state index in [0.29, 0.717) is 5.69 Å². The number of carbonyl (C=O) groups is 1.